The Kier molecular flexibility index (Phi) is 4.49. The Hall–Kier alpha value is -0.900. The number of aldehydes is 1. The highest BCUT2D eigenvalue weighted by molar-refractivity contribution is 5.83. The number of rotatable bonds is 4. The molecule has 0 fully saturated rings. The van der Waals surface area contributed by atoms with Gasteiger partial charge in [-0.2, -0.15) is 0 Å². The Morgan fingerprint density at radius 2 is 2.20 bits per heavy atom. The highest BCUT2D eigenvalue weighted by Crippen LogP contribution is 1.85. The highest BCUT2D eigenvalue weighted by Gasteiger charge is 2.12. The molecular formula is C6H12N2O2. The monoisotopic (exact) mass is 144 g/mol. The summed E-state index contributed by atoms with van der Waals surface area (Å²) in [5.74, 6) is -0.158. The van der Waals surface area contributed by atoms with Crippen LogP contribution in [-0.2, 0) is 9.59 Å². The maximum Gasteiger partial charge on any atom is 0.237 e. The van der Waals surface area contributed by atoms with E-state index in [1.165, 1.54) is 7.05 Å². The van der Waals surface area contributed by atoms with Crippen LogP contribution in [0.2, 0.25) is 0 Å². The van der Waals surface area contributed by atoms with Gasteiger partial charge in [-0.15, -0.1) is 0 Å². The third-order valence-corrected chi connectivity index (χ3v) is 1.24. The molecule has 0 unspecified atom stereocenters. The van der Waals surface area contributed by atoms with Gasteiger partial charge >= 0.3 is 0 Å². The lowest BCUT2D eigenvalue weighted by atomic mass is 10.2. The molecule has 0 aliphatic heterocycles. The van der Waals surface area contributed by atoms with Gasteiger partial charge in [0.2, 0.25) is 5.91 Å². The number of hydrogen-bond donors (Lipinski definition) is 2. The molecule has 4 nitrogen and oxygen atoms in total. The number of hydrogen-bond acceptors (Lipinski definition) is 3. The summed E-state index contributed by atoms with van der Waals surface area (Å²) in [4.78, 5) is 20.8. The van der Waals surface area contributed by atoms with Gasteiger partial charge in [-0.1, -0.05) is 0 Å². The molecule has 0 aliphatic rings. The van der Waals surface area contributed by atoms with Gasteiger partial charge in [0.15, 0.2) is 0 Å². The number of nitrogens with one attached hydrogen (secondary N) is 2. The fourth-order valence-electron chi connectivity index (χ4n) is 0.626. The zero-order valence-electron chi connectivity index (χ0n) is 6.18. The lowest BCUT2D eigenvalue weighted by Crippen LogP contribution is -2.41. The molecule has 0 heterocycles. The highest BCUT2D eigenvalue weighted by atomic mass is 16.2. The largest absolute Gasteiger partial charge is 0.358 e. The Balaban J connectivity index is 3.79. The summed E-state index contributed by atoms with van der Waals surface area (Å²) < 4.78 is 0. The molecule has 0 bridgehead atoms. The topological polar surface area (TPSA) is 58.2 Å². The van der Waals surface area contributed by atoms with Crippen molar-refractivity contribution in [3.05, 3.63) is 0 Å². The van der Waals surface area contributed by atoms with Crippen LogP contribution in [0.3, 0.4) is 0 Å². The molecular weight excluding hydrogens is 132 g/mol. The van der Waals surface area contributed by atoms with E-state index in [1.807, 2.05) is 0 Å². The van der Waals surface area contributed by atoms with Crippen LogP contribution in [0.4, 0.5) is 0 Å². The molecule has 2 N–H and O–H groups in total. The number of amides is 1. The van der Waals surface area contributed by atoms with Gasteiger partial charge in [0, 0.05) is 13.5 Å². The van der Waals surface area contributed by atoms with Crippen molar-refractivity contribution < 1.29 is 9.59 Å². The van der Waals surface area contributed by atoms with Crippen LogP contribution < -0.4 is 10.6 Å². The molecule has 0 saturated carbocycles. The van der Waals surface area contributed by atoms with Crippen LogP contribution in [0.1, 0.15) is 6.42 Å². The fraction of sp³-hybridized carbons (Fsp3) is 0.667. The van der Waals surface area contributed by atoms with Gasteiger partial charge in [-0.05, 0) is 7.05 Å². The van der Waals surface area contributed by atoms with Crippen LogP contribution in [0, 0.1) is 0 Å². The zero-order chi connectivity index (χ0) is 7.98. The first-order valence-corrected chi connectivity index (χ1v) is 3.08. The van der Waals surface area contributed by atoms with Crippen LogP contribution in [-0.4, -0.2) is 32.3 Å². The quantitative estimate of drug-likeness (QED) is 0.493. The molecule has 1 atom stereocenters. The fourth-order valence-corrected chi connectivity index (χ4v) is 0.626. The maximum absolute atomic E-state index is 10.8. The Labute approximate surface area is 60.0 Å². The summed E-state index contributed by atoms with van der Waals surface area (Å²) in [6.07, 6.45) is 0.937. The summed E-state index contributed by atoms with van der Waals surface area (Å²) in [6.45, 7) is 0. The van der Waals surface area contributed by atoms with Crippen molar-refractivity contribution in [2.24, 2.45) is 0 Å². The molecule has 0 aromatic carbocycles. The van der Waals surface area contributed by atoms with E-state index in [-0.39, 0.29) is 18.4 Å². The molecule has 58 valence electrons. The minimum Gasteiger partial charge on any atom is -0.358 e. The van der Waals surface area contributed by atoms with Crippen molar-refractivity contribution in [1.82, 2.24) is 10.6 Å². The Morgan fingerprint density at radius 3 is 2.50 bits per heavy atom. The minimum atomic E-state index is -0.387. The molecule has 0 spiro atoms. The third kappa shape index (κ3) is 2.59. The normalized spacial score (nSPS) is 12.2. The molecule has 0 saturated heterocycles. The van der Waals surface area contributed by atoms with E-state index in [2.05, 4.69) is 10.6 Å². The Morgan fingerprint density at radius 1 is 1.60 bits per heavy atom. The van der Waals surface area contributed by atoms with E-state index in [0.29, 0.717) is 0 Å². The number of carbonyl (C=O) groups is 2. The summed E-state index contributed by atoms with van der Waals surface area (Å²) in [5, 5.41) is 5.15. The SMILES string of the molecule is CNC(=O)[C@H](CC=O)NC. The lowest BCUT2D eigenvalue weighted by molar-refractivity contribution is -0.124. The molecule has 0 aromatic heterocycles. The van der Waals surface area contributed by atoms with Crippen LogP contribution >= 0.6 is 0 Å². The molecule has 4 heteroatoms. The van der Waals surface area contributed by atoms with E-state index in [0.717, 1.165) is 6.29 Å². The van der Waals surface area contributed by atoms with Gasteiger partial charge in [-0.3, -0.25) is 4.79 Å². The lowest BCUT2D eigenvalue weighted by Gasteiger charge is -2.09. The van der Waals surface area contributed by atoms with Gasteiger partial charge < -0.3 is 15.4 Å². The molecule has 0 aliphatic carbocycles. The predicted octanol–water partition coefficient (Wildman–Crippen LogP) is -1.09. The van der Waals surface area contributed by atoms with Crippen molar-refractivity contribution in [2.45, 2.75) is 12.5 Å². The third-order valence-electron chi connectivity index (χ3n) is 1.24. The van der Waals surface area contributed by atoms with E-state index < -0.39 is 0 Å². The zero-order valence-corrected chi connectivity index (χ0v) is 6.18. The first kappa shape index (κ1) is 9.10. The summed E-state index contributed by atoms with van der Waals surface area (Å²) in [5.41, 5.74) is 0. The standard InChI is InChI=1S/C6H12N2O2/c1-7-5(3-4-9)6(10)8-2/h4-5,7H,3H2,1-2H3,(H,8,10)/t5-/m0/s1. The second-order valence-corrected chi connectivity index (χ2v) is 1.86. The second-order valence-electron chi connectivity index (χ2n) is 1.86. The van der Waals surface area contributed by atoms with Crippen molar-refractivity contribution in [3.63, 3.8) is 0 Å². The Bertz CT molecular complexity index is 125. The van der Waals surface area contributed by atoms with Gasteiger partial charge in [-0.25, -0.2) is 0 Å². The average Bonchev–Trinajstić information content (AvgIpc) is 1.99. The van der Waals surface area contributed by atoms with Crippen molar-refractivity contribution in [1.29, 1.82) is 0 Å². The van der Waals surface area contributed by atoms with E-state index in [1.54, 1.807) is 7.05 Å². The first-order valence-electron chi connectivity index (χ1n) is 3.08. The van der Waals surface area contributed by atoms with E-state index in [4.69, 9.17) is 0 Å². The molecule has 0 aromatic rings. The van der Waals surface area contributed by atoms with Gasteiger partial charge in [0.1, 0.15) is 6.29 Å². The van der Waals surface area contributed by atoms with E-state index in [9.17, 15) is 9.59 Å². The molecule has 1 amide bonds. The van der Waals surface area contributed by atoms with Gasteiger partial charge in [0.05, 0.1) is 6.04 Å². The van der Waals surface area contributed by atoms with Crippen molar-refractivity contribution >= 4 is 12.2 Å². The minimum absolute atomic E-state index is 0.158. The number of likely N-dealkylation sites (N-methyl/N-ethyl adjacent to an activating group) is 2. The van der Waals surface area contributed by atoms with Gasteiger partial charge in [0.25, 0.3) is 0 Å². The van der Waals surface area contributed by atoms with Crippen LogP contribution in [0.5, 0.6) is 0 Å². The average molecular weight is 144 g/mol. The maximum atomic E-state index is 10.8. The van der Waals surface area contributed by atoms with Crippen molar-refractivity contribution in [3.8, 4) is 0 Å². The summed E-state index contributed by atoms with van der Waals surface area (Å²) in [7, 11) is 3.18. The number of carbonyl (C=O) groups excluding carboxylic acids is 2. The smallest absolute Gasteiger partial charge is 0.237 e. The molecule has 0 radical (unpaired) electrons. The predicted molar refractivity (Wildman–Crippen MR) is 37.6 cm³/mol. The summed E-state index contributed by atoms with van der Waals surface area (Å²) in [6, 6.07) is -0.387. The van der Waals surface area contributed by atoms with E-state index >= 15 is 0 Å². The van der Waals surface area contributed by atoms with Crippen LogP contribution in [0.25, 0.3) is 0 Å². The van der Waals surface area contributed by atoms with Crippen LogP contribution in [0.15, 0.2) is 0 Å². The molecule has 0 rings (SSSR count). The second kappa shape index (κ2) is 4.93. The summed E-state index contributed by atoms with van der Waals surface area (Å²) >= 11 is 0. The molecule has 10 heavy (non-hydrogen) atoms. The first-order chi connectivity index (χ1) is 4.76. The van der Waals surface area contributed by atoms with Crippen molar-refractivity contribution in [2.75, 3.05) is 14.1 Å².